The summed E-state index contributed by atoms with van der Waals surface area (Å²) in [6.45, 7) is -0.230. The first kappa shape index (κ1) is 19.4. The van der Waals surface area contributed by atoms with Gasteiger partial charge in [0, 0.05) is 25.9 Å². The number of benzene rings is 1. The third-order valence-corrected chi connectivity index (χ3v) is 5.41. The molecule has 0 unspecified atom stereocenters. The van der Waals surface area contributed by atoms with E-state index in [9.17, 15) is 23.3 Å². The molecule has 146 valence electrons. The summed E-state index contributed by atoms with van der Waals surface area (Å²) in [5.41, 5.74) is -0.464. The van der Waals surface area contributed by atoms with Gasteiger partial charge in [0.25, 0.3) is 5.69 Å². The van der Waals surface area contributed by atoms with Crippen molar-refractivity contribution in [1.82, 2.24) is 24.1 Å². The molecule has 0 aliphatic rings. The van der Waals surface area contributed by atoms with Gasteiger partial charge in [0.05, 0.1) is 11.5 Å². The first-order valence-corrected chi connectivity index (χ1v) is 9.58. The Morgan fingerprint density at radius 2 is 1.89 bits per heavy atom. The molecule has 0 aliphatic carbocycles. The lowest BCUT2D eigenvalue weighted by atomic mass is 10.3. The summed E-state index contributed by atoms with van der Waals surface area (Å²) in [5.74, 6) is 0.340. The van der Waals surface area contributed by atoms with Crippen molar-refractivity contribution in [2.24, 2.45) is 7.05 Å². The molecule has 28 heavy (non-hydrogen) atoms. The molecule has 0 saturated carbocycles. The fourth-order valence-corrected chi connectivity index (χ4v) is 3.74. The summed E-state index contributed by atoms with van der Waals surface area (Å²) in [4.78, 5) is 26.3. The van der Waals surface area contributed by atoms with Gasteiger partial charge < -0.3 is 0 Å². The van der Waals surface area contributed by atoms with Gasteiger partial charge in [0.1, 0.15) is 5.69 Å². The Morgan fingerprint density at radius 3 is 2.57 bits per heavy atom. The van der Waals surface area contributed by atoms with E-state index >= 15 is 0 Å². The highest BCUT2D eigenvalue weighted by atomic mass is 32.2. The Hall–Kier alpha value is -3.38. The third kappa shape index (κ3) is 3.82. The second-order valence-corrected chi connectivity index (χ2v) is 7.46. The van der Waals surface area contributed by atoms with E-state index in [0.29, 0.717) is 11.5 Å². The van der Waals surface area contributed by atoms with Gasteiger partial charge in [0.15, 0.2) is 10.7 Å². The van der Waals surface area contributed by atoms with Crippen molar-refractivity contribution >= 4 is 15.7 Å². The number of hydrogen-bond acceptors (Lipinski definition) is 7. The fraction of sp³-hybridized carbons (Fsp3) is 0.188. The predicted molar refractivity (Wildman–Crippen MR) is 99.0 cm³/mol. The van der Waals surface area contributed by atoms with Gasteiger partial charge in [-0.1, -0.05) is 18.2 Å². The number of nitrogens with zero attached hydrogens (tertiary/aromatic N) is 5. The summed E-state index contributed by atoms with van der Waals surface area (Å²) in [5, 5.41) is 15.2. The average Bonchev–Trinajstić information content (AvgIpc) is 2.97. The van der Waals surface area contributed by atoms with Crippen LogP contribution < -0.4 is 10.4 Å². The van der Waals surface area contributed by atoms with Crippen LogP contribution in [0.2, 0.25) is 0 Å². The summed E-state index contributed by atoms with van der Waals surface area (Å²) >= 11 is 0. The number of pyridine rings is 1. The zero-order valence-electron chi connectivity index (χ0n) is 14.7. The van der Waals surface area contributed by atoms with Crippen molar-refractivity contribution in [2.45, 2.75) is 11.4 Å². The van der Waals surface area contributed by atoms with Crippen LogP contribution in [0.1, 0.15) is 0 Å². The molecular formula is C16H16N6O5S. The van der Waals surface area contributed by atoms with Gasteiger partial charge in [-0.25, -0.2) is 22.6 Å². The topological polar surface area (TPSA) is 142 Å². The molecule has 0 fully saturated rings. The summed E-state index contributed by atoms with van der Waals surface area (Å²) in [7, 11) is -2.59. The Morgan fingerprint density at radius 1 is 1.18 bits per heavy atom. The minimum absolute atomic E-state index is 0.0562. The minimum atomic E-state index is -4.13. The van der Waals surface area contributed by atoms with Crippen molar-refractivity contribution in [3.8, 4) is 11.5 Å². The smallest absolute Gasteiger partial charge is 0.277 e. The molecule has 3 aromatic rings. The van der Waals surface area contributed by atoms with Crippen LogP contribution in [-0.2, 0) is 23.6 Å². The highest BCUT2D eigenvalue weighted by Crippen LogP contribution is 2.22. The molecule has 0 spiro atoms. The lowest BCUT2D eigenvalue weighted by Crippen LogP contribution is -2.32. The molecular weight excluding hydrogens is 388 g/mol. The highest BCUT2D eigenvalue weighted by Gasteiger charge is 2.24. The molecule has 0 bridgehead atoms. The maximum Gasteiger partial charge on any atom is 0.346 e. The van der Waals surface area contributed by atoms with Gasteiger partial charge in [0.2, 0.25) is 10.0 Å². The van der Waals surface area contributed by atoms with Gasteiger partial charge >= 0.3 is 5.69 Å². The monoisotopic (exact) mass is 404 g/mol. The molecule has 11 nitrogen and oxygen atoms in total. The van der Waals surface area contributed by atoms with E-state index in [4.69, 9.17) is 0 Å². The zero-order valence-corrected chi connectivity index (χ0v) is 15.5. The molecule has 1 aromatic carbocycles. The lowest BCUT2D eigenvalue weighted by molar-refractivity contribution is -0.387. The Bertz CT molecular complexity index is 1170. The second-order valence-electron chi connectivity index (χ2n) is 5.73. The maximum atomic E-state index is 12.4. The minimum Gasteiger partial charge on any atom is -0.277 e. The molecule has 0 radical (unpaired) electrons. The third-order valence-electron chi connectivity index (χ3n) is 3.90. The van der Waals surface area contributed by atoms with Crippen LogP contribution in [0, 0.1) is 10.1 Å². The van der Waals surface area contributed by atoms with Crippen LogP contribution in [0.4, 0.5) is 5.69 Å². The van der Waals surface area contributed by atoms with Crippen molar-refractivity contribution in [3.05, 3.63) is 69.3 Å². The molecule has 2 aromatic heterocycles. The first-order chi connectivity index (χ1) is 13.3. The highest BCUT2D eigenvalue weighted by molar-refractivity contribution is 7.89. The molecule has 0 saturated heterocycles. The molecule has 0 aliphatic heterocycles. The van der Waals surface area contributed by atoms with E-state index < -0.39 is 31.2 Å². The predicted octanol–water partition coefficient (Wildman–Crippen LogP) is 0.530. The molecule has 3 rings (SSSR count). The SMILES string of the molecule is Cn1c(-c2ccccn2)nn(CCNS(=O)(=O)c2ccccc2[N+](=O)[O-])c1=O. The van der Waals surface area contributed by atoms with Crippen LogP contribution in [0.15, 0.2) is 58.4 Å². The molecule has 12 heteroatoms. The maximum absolute atomic E-state index is 12.4. The lowest BCUT2D eigenvalue weighted by Gasteiger charge is -2.06. The normalized spacial score (nSPS) is 11.5. The van der Waals surface area contributed by atoms with E-state index in [1.54, 1.807) is 24.4 Å². The average molecular weight is 404 g/mol. The van der Waals surface area contributed by atoms with Gasteiger partial charge in [-0.05, 0) is 18.2 Å². The fourth-order valence-electron chi connectivity index (χ4n) is 2.55. The summed E-state index contributed by atoms with van der Waals surface area (Å²) in [6.07, 6.45) is 1.57. The second kappa shape index (κ2) is 7.70. The number of aromatic nitrogens is 4. The number of rotatable bonds is 7. The van der Waals surface area contributed by atoms with Crippen LogP contribution in [-0.4, -0.2) is 39.2 Å². The van der Waals surface area contributed by atoms with E-state index in [1.165, 1.54) is 23.7 Å². The summed E-state index contributed by atoms with van der Waals surface area (Å²) < 4.78 is 29.4. The van der Waals surface area contributed by atoms with E-state index in [2.05, 4.69) is 14.8 Å². The Labute approximate surface area is 159 Å². The van der Waals surface area contributed by atoms with Crippen LogP contribution in [0.5, 0.6) is 0 Å². The van der Waals surface area contributed by atoms with Crippen molar-refractivity contribution in [3.63, 3.8) is 0 Å². The molecule has 2 heterocycles. The van der Waals surface area contributed by atoms with E-state index in [0.717, 1.165) is 16.8 Å². The van der Waals surface area contributed by atoms with Crippen molar-refractivity contribution in [2.75, 3.05) is 6.54 Å². The van der Waals surface area contributed by atoms with Crippen LogP contribution in [0.25, 0.3) is 11.5 Å². The Balaban J connectivity index is 1.77. The number of nitrogens with one attached hydrogen (secondary N) is 1. The van der Waals surface area contributed by atoms with Crippen molar-refractivity contribution < 1.29 is 13.3 Å². The van der Waals surface area contributed by atoms with E-state index in [-0.39, 0.29) is 13.1 Å². The zero-order chi connectivity index (χ0) is 20.3. The van der Waals surface area contributed by atoms with E-state index in [1.807, 2.05) is 0 Å². The number of nitro benzene ring substituents is 1. The number of sulfonamides is 1. The van der Waals surface area contributed by atoms with Gasteiger partial charge in [-0.2, -0.15) is 0 Å². The van der Waals surface area contributed by atoms with Crippen LogP contribution in [0.3, 0.4) is 0 Å². The standard InChI is InChI=1S/C16H16N6O5S/c1-20-15(12-6-4-5-9-17-12)19-21(16(20)23)11-10-18-28(26,27)14-8-3-2-7-13(14)22(24)25/h2-9,18H,10-11H2,1H3. The number of hydrogen-bond donors (Lipinski definition) is 1. The van der Waals surface area contributed by atoms with Crippen LogP contribution >= 0.6 is 0 Å². The van der Waals surface area contributed by atoms with Crippen molar-refractivity contribution in [1.29, 1.82) is 0 Å². The summed E-state index contributed by atoms with van der Waals surface area (Å²) in [6, 6.07) is 10.2. The quantitative estimate of drug-likeness (QED) is 0.447. The number of para-hydroxylation sites is 1. The molecule has 0 amide bonds. The number of nitro groups is 1. The molecule has 0 atom stereocenters. The molecule has 1 N–H and O–H groups in total. The Kier molecular flexibility index (Phi) is 5.33. The van der Waals surface area contributed by atoms with Gasteiger partial charge in [-0.3, -0.25) is 19.7 Å². The first-order valence-electron chi connectivity index (χ1n) is 8.09. The van der Waals surface area contributed by atoms with Gasteiger partial charge in [-0.15, -0.1) is 5.10 Å². The largest absolute Gasteiger partial charge is 0.346 e.